The third-order valence-corrected chi connectivity index (χ3v) is 7.16. The summed E-state index contributed by atoms with van der Waals surface area (Å²) < 4.78 is 27.6. The molecule has 0 unspecified atom stereocenters. The van der Waals surface area contributed by atoms with Gasteiger partial charge in [0.05, 0.1) is 11.0 Å². The fraction of sp³-hybridized carbons (Fsp3) is 0.444. The summed E-state index contributed by atoms with van der Waals surface area (Å²) in [6, 6.07) is 9.33. The molecule has 130 valence electrons. The van der Waals surface area contributed by atoms with Gasteiger partial charge >= 0.3 is 0 Å². The molecule has 0 radical (unpaired) electrons. The second kappa shape index (κ2) is 7.35. The number of thiophene rings is 1. The van der Waals surface area contributed by atoms with Crippen LogP contribution in [0.3, 0.4) is 0 Å². The first kappa shape index (κ1) is 17.6. The highest BCUT2D eigenvalue weighted by Gasteiger charge is 2.17. The van der Waals surface area contributed by atoms with Gasteiger partial charge < -0.3 is 5.11 Å². The maximum Gasteiger partial charge on any atom is 0.240 e. The van der Waals surface area contributed by atoms with E-state index in [1.165, 1.54) is 28.9 Å². The Kier molecular flexibility index (Phi) is 5.39. The quantitative estimate of drug-likeness (QED) is 0.826. The average Bonchev–Trinajstić information content (AvgIpc) is 3.03. The molecule has 6 heteroatoms. The highest BCUT2D eigenvalue weighted by Crippen LogP contribution is 2.25. The Morgan fingerprint density at radius 2 is 1.92 bits per heavy atom. The molecule has 1 aromatic heterocycles. The molecule has 4 nitrogen and oxygen atoms in total. The molecule has 0 saturated carbocycles. The smallest absolute Gasteiger partial charge is 0.240 e. The number of hydrogen-bond acceptors (Lipinski definition) is 4. The van der Waals surface area contributed by atoms with E-state index in [0.29, 0.717) is 17.9 Å². The Morgan fingerprint density at radius 1 is 1.17 bits per heavy atom. The van der Waals surface area contributed by atoms with Gasteiger partial charge in [-0.1, -0.05) is 6.07 Å². The number of aliphatic hydroxyl groups excluding tert-OH is 1. The summed E-state index contributed by atoms with van der Waals surface area (Å²) in [4.78, 5) is 2.33. The number of fused-ring (bicyclic) bond motifs is 1. The maximum absolute atomic E-state index is 12.5. The SMILES string of the molecule is C[C@@H](O)c1ccc(CCNS(=O)(=O)c2ccc3c(c2)CCCC3)s1. The maximum atomic E-state index is 12.5. The minimum absolute atomic E-state index is 0.360. The number of benzene rings is 1. The Labute approximate surface area is 147 Å². The fourth-order valence-corrected chi connectivity index (χ4v) is 5.05. The molecule has 1 aliphatic rings. The molecule has 2 aromatic rings. The van der Waals surface area contributed by atoms with Crippen LogP contribution in [0.2, 0.25) is 0 Å². The van der Waals surface area contributed by atoms with Crippen LogP contribution in [0, 0.1) is 0 Å². The highest BCUT2D eigenvalue weighted by molar-refractivity contribution is 7.89. The first-order chi connectivity index (χ1) is 11.5. The van der Waals surface area contributed by atoms with E-state index in [2.05, 4.69) is 4.72 Å². The van der Waals surface area contributed by atoms with Gasteiger partial charge in [-0.05, 0) is 74.4 Å². The van der Waals surface area contributed by atoms with E-state index in [9.17, 15) is 13.5 Å². The molecule has 2 N–H and O–H groups in total. The number of sulfonamides is 1. The number of hydrogen-bond donors (Lipinski definition) is 2. The van der Waals surface area contributed by atoms with Crippen LogP contribution in [-0.2, 0) is 29.3 Å². The van der Waals surface area contributed by atoms with E-state index in [0.717, 1.165) is 29.0 Å². The van der Waals surface area contributed by atoms with Crippen molar-refractivity contribution in [1.82, 2.24) is 4.72 Å². The van der Waals surface area contributed by atoms with Gasteiger partial charge in [0, 0.05) is 16.3 Å². The van der Waals surface area contributed by atoms with Gasteiger partial charge in [-0.15, -0.1) is 11.3 Å². The molecule has 1 atom stereocenters. The number of rotatable bonds is 6. The Hall–Kier alpha value is -1.21. The van der Waals surface area contributed by atoms with Crippen molar-refractivity contribution in [3.05, 3.63) is 51.2 Å². The number of nitrogens with one attached hydrogen (secondary N) is 1. The molecule has 0 fully saturated rings. The summed E-state index contributed by atoms with van der Waals surface area (Å²) in [5.41, 5.74) is 2.45. The second-order valence-corrected chi connectivity index (χ2v) is 9.23. The molecule has 3 rings (SSSR count). The van der Waals surface area contributed by atoms with Crippen molar-refractivity contribution in [2.75, 3.05) is 6.54 Å². The van der Waals surface area contributed by atoms with Crippen LogP contribution < -0.4 is 4.72 Å². The standard InChI is InChI=1S/C18H23NO3S2/c1-13(20)18-9-7-16(23-18)10-11-19-24(21,22)17-8-6-14-4-2-3-5-15(14)12-17/h6-9,12-13,19-20H,2-5,10-11H2,1H3/t13-/m1/s1. The summed E-state index contributed by atoms with van der Waals surface area (Å²) in [7, 11) is -3.47. The van der Waals surface area contributed by atoms with Gasteiger partial charge in [-0.3, -0.25) is 0 Å². The molecule has 1 aromatic carbocycles. The zero-order chi connectivity index (χ0) is 17.2. The van der Waals surface area contributed by atoms with Gasteiger partial charge in [0.2, 0.25) is 10.0 Å². The zero-order valence-electron chi connectivity index (χ0n) is 13.8. The summed E-state index contributed by atoms with van der Waals surface area (Å²) in [6.45, 7) is 2.09. The number of aliphatic hydroxyl groups is 1. The van der Waals surface area contributed by atoms with Crippen LogP contribution in [0.1, 0.15) is 46.8 Å². The van der Waals surface area contributed by atoms with Crippen LogP contribution in [0.15, 0.2) is 35.2 Å². The normalized spacial score (nSPS) is 15.9. The van der Waals surface area contributed by atoms with Gasteiger partial charge in [0.25, 0.3) is 0 Å². The third kappa shape index (κ3) is 4.06. The first-order valence-electron chi connectivity index (χ1n) is 8.34. The molecule has 0 saturated heterocycles. The van der Waals surface area contributed by atoms with Crippen LogP contribution in [0.25, 0.3) is 0 Å². The average molecular weight is 366 g/mol. The Morgan fingerprint density at radius 3 is 2.62 bits per heavy atom. The van der Waals surface area contributed by atoms with Gasteiger partial charge in [-0.2, -0.15) is 0 Å². The lowest BCUT2D eigenvalue weighted by atomic mass is 9.92. The van der Waals surface area contributed by atoms with Crippen molar-refractivity contribution in [1.29, 1.82) is 0 Å². The van der Waals surface area contributed by atoms with E-state index in [1.807, 2.05) is 24.3 Å². The van der Waals surface area contributed by atoms with E-state index >= 15 is 0 Å². The minimum Gasteiger partial charge on any atom is -0.388 e. The van der Waals surface area contributed by atoms with Crippen molar-refractivity contribution >= 4 is 21.4 Å². The third-order valence-electron chi connectivity index (χ3n) is 4.39. The largest absolute Gasteiger partial charge is 0.388 e. The van der Waals surface area contributed by atoms with Crippen LogP contribution in [-0.4, -0.2) is 20.1 Å². The summed E-state index contributed by atoms with van der Waals surface area (Å²) in [6.07, 6.45) is 4.49. The zero-order valence-corrected chi connectivity index (χ0v) is 15.4. The van der Waals surface area contributed by atoms with Gasteiger partial charge in [0.1, 0.15) is 0 Å². The highest BCUT2D eigenvalue weighted by atomic mass is 32.2. The first-order valence-corrected chi connectivity index (χ1v) is 10.6. The van der Waals surface area contributed by atoms with Crippen LogP contribution in [0.4, 0.5) is 0 Å². The molecule has 0 amide bonds. The van der Waals surface area contributed by atoms with Crippen LogP contribution >= 0.6 is 11.3 Å². The van der Waals surface area contributed by atoms with E-state index in [1.54, 1.807) is 13.0 Å². The Bertz CT molecular complexity index is 809. The molecular formula is C18H23NO3S2. The molecule has 0 spiro atoms. The minimum atomic E-state index is -3.47. The predicted octanol–water partition coefficient (Wildman–Crippen LogP) is 3.20. The topological polar surface area (TPSA) is 66.4 Å². The van der Waals surface area contributed by atoms with Gasteiger partial charge in [-0.25, -0.2) is 13.1 Å². The van der Waals surface area contributed by atoms with Crippen molar-refractivity contribution in [2.24, 2.45) is 0 Å². The lowest BCUT2D eigenvalue weighted by Crippen LogP contribution is -2.26. The van der Waals surface area contributed by atoms with Gasteiger partial charge in [0.15, 0.2) is 0 Å². The van der Waals surface area contributed by atoms with E-state index < -0.39 is 16.1 Å². The van der Waals surface area contributed by atoms with E-state index in [4.69, 9.17) is 0 Å². The molecular weight excluding hydrogens is 342 g/mol. The van der Waals surface area contributed by atoms with Crippen molar-refractivity contribution in [3.8, 4) is 0 Å². The van der Waals surface area contributed by atoms with E-state index in [-0.39, 0.29) is 0 Å². The monoisotopic (exact) mass is 365 g/mol. The molecule has 1 aliphatic carbocycles. The van der Waals surface area contributed by atoms with Crippen molar-refractivity contribution < 1.29 is 13.5 Å². The second-order valence-electron chi connectivity index (χ2n) is 6.27. The van der Waals surface area contributed by atoms with Crippen molar-refractivity contribution in [2.45, 2.75) is 50.0 Å². The summed E-state index contributed by atoms with van der Waals surface area (Å²) in [5, 5.41) is 9.54. The number of aryl methyl sites for hydroxylation is 2. The molecule has 0 bridgehead atoms. The fourth-order valence-electron chi connectivity index (χ4n) is 3.02. The molecule has 0 aliphatic heterocycles. The molecule has 1 heterocycles. The Balaban J connectivity index is 1.63. The molecule has 24 heavy (non-hydrogen) atoms. The summed E-state index contributed by atoms with van der Waals surface area (Å²) in [5.74, 6) is 0. The van der Waals surface area contributed by atoms with Crippen molar-refractivity contribution in [3.63, 3.8) is 0 Å². The van der Waals surface area contributed by atoms with Crippen LogP contribution in [0.5, 0.6) is 0 Å². The lowest BCUT2D eigenvalue weighted by molar-refractivity contribution is 0.203. The predicted molar refractivity (Wildman–Crippen MR) is 96.9 cm³/mol. The summed E-state index contributed by atoms with van der Waals surface area (Å²) >= 11 is 1.52. The lowest BCUT2D eigenvalue weighted by Gasteiger charge is -2.16.